The van der Waals surface area contributed by atoms with Gasteiger partial charge in [0.15, 0.2) is 5.69 Å². The van der Waals surface area contributed by atoms with Crippen molar-refractivity contribution in [1.82, 2.24) is 9.71 Å². The van der Waals surface area contributed by atoms with Crippen LogP contribution in [0.15, 0.2) is 71.0 Å². The zero-order valence-electron chi connectivity index (χ0n) is 15.9. The highest BCUT2D eigenvalue weighted by Gasteiger charge is 2.32. The van der Waals surface area contributed by atoms with Crippen LogP contribution in [0.1, 0.15) is 22.4 Å². The number of pyridine rings is 1. The molecular weight excluding hydrogens is 402 g/mol. The van der Waals surface area contributed by atoms with Crippen LogP contribution in [-0.2, 0) is 12.3 Å². The Morgan fingerprint density at radius 1 is 1.10 bits per heavy atom. The fourth-order valence-electron chi connectivity index (χ4n) is 3.40. The number of nitriles is 1. The van der Waals surface area contributed by atoms with Crippen molar-refractivity contribution >= 4 is 27.9 Å². The van der Waals surface area contributed by atoms with E-state index in [9.17, 15) is 5.26 Å². The molecule has 1 atom stereocenters. The number of methoxy groups -OCH3 is 1. The minimum absolute atomic E-state index is 0.347. The smallest absolute Gasteiger partial charge is 0.150 e. The van der Waals surface area contributed by atoms with Gasteiger partial charge in [-0.05, 0) is 40.8 Å². The van der Waals surface area contributed by atoms with E-state index in [1.165, 1.54) is 5.56 Å². The zero-order valence-corrected chi connectivity index (χ0v) is 17.5. The van der Waals surface area contributed by atoms with Gasteiger partial charge in [0, 0.05) is 22.8 Å². The van der Waals surface area contributed by atoms with Crippen molar-refractivity contribution in [3.8, 4) is 11.8 Å². The highest BCUT2D eigenvalue weighted by molar-refractivity contribution is 8.34. The molecule has 1 aliphatic rings. The predicted octanol–water partition coefficient (Wildman–Crippen LogP) is 5.67. The Hall–Kier alpha value is -2.78. The average Bonchev–Trinajstić information content (AvgIpc) is 3.11. The number of hydrogen-bond acceptors (Lipinski definition) is 4. The van der Waals surface area contributed by atoms with Crippen LogP contribution in [0, 0.1) is 11.3 Å². The molecule has 0 fully saturated rings. The molecule has 1 N–H and O–H groups in total. The van der Waals surface area contributed by atoms with Crippen molar-refractivity contribution in [2.45, 2.75) is 17.2 Å². The van der Waals surface area contributed by atoms with Gasteiger partial charge in [-0.15, -0.1) is 10.2 Å². The monoisotopic (exact) mass is 421 g/mol. The van der Waals surface area contributed by atoms with Gasteiger partial charge in [-0.3, -0.25) is 4.72 Å². The lowest BCUT2D eigenvalue weighted by Crippen LogP contribution is -2.20. The number of aromatic nitrogens is 1. The number of nitrogens with one attached hydrogen (secondary N) is 1. The third kappa shape index (κ3) is 4.01. The van der Waals surface area contributed by atoms with E-state index in [1.807, 2.05) is 42.5 Å². The summed E-state index contributed by atoms with van der Waals surface area (Å²) < 4.78 is 9.04. The van der Waals surface area contributed by atoms with Gasteiger partial charge in [0.05, 0.1) is 7.11 Å². The van der Waals surface area contributed by atoms with E-state index in [1.54, 1.807) is 7.11 Å². The van der Waals surface area contributed by atoms with E-state index in [2.05, 4.69) is 45.4 Å². The largest absolute Gasteiger partial charge is 0.497 e. The van der Waals surface area contributed by atoms with Crippen molar-refractivity contribution in [2.24, 2.45) is 0 Å². The second kappa shape index (κ2) is 8.30. The molecule has 6 heteroatoms. The van der Waals surface area contributed by atoms with Gasteiger partial charge < -0.3 is 4.74 Å². The van der Waals surface area contributed by atoms with Crippen LogP contribution in [0.5, 0.6) is 5.75 Å². The predicted molar refractivity (Wildman–Crippen MR) is 119 cm³/mol. The van der Waals surface area contributed by atoms with Gasteiger partial charge in [-0.1, -0.05) is 54.1 Å². The van der Waals surface area contributed by atoms with E-state index in [4.69, 9.17) is 16.3 Å². The Balaban J connectivity index is 1.71. The number of ether oxygens (including phenoxy) is 1. The molecule has 0 spiro atoms. The summed E-state index contributed by atoms with van der Waals surface area (Å²) in [7, 11) is 0.0839. The molecule has 29 heavy (non-hydrogen) atoms. The third-order valence-corrected chi connectivity index (χ3v) is 8.25. The minimum atomic E-state index is -1.58. The van der Waals surface area contributed by atoms with Crippen LogP contribution in [0.2, 0.25) is 5.15 Å². The fourth-order valence-corrected chi connectivity index (χ4v) is 6.80. The summed E-state index contributed by atoms with van der Waals surface area (Å²) in [5.74, 6) is 1.65. The van der Waals surface area contributed by atoms with Crippen LogP contribution in [0.4, 0.5) is 0 Å². The van der Waals surface area contributed by atoms with Crippen LogP contribution in [0.3, 0.4) is 0 Å². The van der Waals surface area contributed by atoms with Gasteiger partial charge >= 0.3 is 0 Å². The maximum Gasteiger partial charge on any atom is 0.150 e. The zero-order chi connectivity index (χ0) is 20.3. The molecule has 0 radical (unpaired) electrons. The standard InChI is InChI=1S/C23H20ClN3OS/c1-28-19-9-7-17(8-10-19)15-26-29(16-18-5-3-2-4-6-18)12-11-20-21(14-25)27-23(24)13-22(20)29/h2-13,26H,15-16H2,1H3. The van der Waals surface area contributed by atoms with Crippen molar-refractivity contribution in [3.05, 3.63) is 93.6 Å². The average molecular weight is 422 g/mol. The summed E-state index contributed by atoms with van der Waals surface area (Å²) in [6.45, 7) is 0.692. The number of halogens is 1. The topological polar surface area (TPSA) is 57.9 Å². The summed E-state index contributed by atoms with van der Waals surface area (Å²) in [6.07, 6.45) is 2.01. The summed E-state index contributed by atoms with van der Waals surface area (Å²) in [6, 6.07) is 22.5. The quantitative estimate of drug-likeness (QED) is 0.521. The number of benzene rings is 2. The first-order chi connectivity index (χ1) is 14.1. The molecule has 4 nitrogen and oxygen atoms in total. The van der Waals surface area contributed by atoms with E-state index in [0.29, 0.717) is 17.4 Å². The molecule has 1 aliphatic heterocycles. The molecule has 0 amide bonds. The summed E-state index contributed by atoms with van der Waals surface area (Å²) in [4.78, 5) is 5.26. The van der Waals surface area contributed by atoms with Gasteiger partial charge in [0.1, 0.15) is 17.0 Å². The summed E-state index contributed by atoms with van der Waals surface area (Å²) in [5.41, 5.74) is 3.63. The van der Waals surface area contributed by atoms with Gasteiger partial charge in [0.25, 0.3) is 0 Å². The number of hydrogen-bond donors (Lipinski definition) is 1. The Labute approximate surface area is 177 Å². The Morgan fingerprint density at radius 3 is 2.55 bits per heavy atom. The summed E-state index contributed by atoms with van der Waals surface area (Å²) in [5, 5.41) is 12.1. The van der Waals surface area contributed by atoms with Gasteiger partial charge in [-0.2, -0.15) is 5.26 Å². The molecule has 3 aromatic rings. The van der Waals surface area contributed by atoms with Crippen molar-refractivity contribution in [1.29, 1.82) is 5.26 Å². The Kier molecular flexibility index (Phi) is 5.59. The molecule has 146 valence electrons. The van der Waals surface area contributed by atoms with E-state index in [0.717, 1.165) is 27.5 Å². The lowest BCUT2D eigenvalue weighted by molar-refractivity contribution is 0.414. The molecule has 0 aliphatic carbocycles. The maximum absolute atomic E-state index is 9.52. The first-order valence-corrected chi connectivity index (χ1v) is 11.4. The normalized spacial score (nSPS) is 19.2. The molecule has 4 rings (SSSR count). The molecule has 0 saturated carbocycles. The molecule has 2 aromatic carbocycles. The van der Waals surface area contributed by atoms with E-state index in [-0.39, 0.29) is 0 Å². The van der Waals surface area contributed by atoms with Crippen LogP contribution < -0.4 is 9.46 Å². The molecule has 1 aromatic heterocycles. The SMILES string of the molecule is COc1ccc(CNS2(Cc3ccccc3)C=Cc3c2cc(Cl)nc3C#N)cc1. The molecular formula is C23H20ClN3OS. The minimum Gasteiger partial charge on any atom is -0.497 e. The van der Waals surface area contributed by atoms with Gasteiger partial charge in [-0.25, -0.2) is 4.98 Å². The molecule has 2 heterocycles. The summed E-state index contributed by atoms with van der Waals surface area (Å²) >= 11 is 6.27. The van der Waals surface area contributed by atoms with Crippen LogP contribution >= 0.6 is 21.8 Å². The van der Waals surface area contributed by atoms with E-state index < -0.39 is 10.2 Å². The lowest BCUT2D eigenvalue weighted by Gasteiger charge is -2.37. The molecule has 0 saturated heterocycles. The molecule has 1 unspecified atom stereocenters. The Bertz CT molecular complexity index is 1090. The highest BCUT2D eigenvalue weighted by atomic mass is 35.5. The lowest BCUT2D eigenvalue weighted by atomic mass is 10.2. The van der Waals surface area contributed by atoms with Crippen LogP contribution in [0.25, 0.3) is 6.08 Å². The highest BCUT2D eigenvalue weighted by Crippen LogP contribution is 2.62. The first kappa shape index (κ1) is 19.5. The Morgan fingerprint density at radius 2 is 1.86 bits per heavy atom. The number of nitrogens with zero attached hydrogens (tertiary/aromatic N) is 2. The maximum atomic E-state index is 9.52. The fraction of sp³-hybridized carbons (Fsp3) is 0.130. The second-order valence-electron chi connectivity index (χ2n) is 6.71. The second-order valence-corrected chi connectivity index (χ2v) is 9.97. The van der Waals surface area contributed by atoms with Crippen LogP contribution in [-0.4, -0.2) is 12.1 Å². The van der Waals surface area contributed by atoms with Crippen molar-refractivity contribution < 1.29 is 4.74 Å². The first-order valence-electron chi connectivity index (χ1n) is 9.15. The van der Waals surface area contributed by atoms with E-state index >= 15 is 0 Å². The van der Waals surface area contributed by atoms with Crippen molar-refractivity contribution in [2.75, 3.05) is 7.11 Å². The third-order valence-electron chi connectivity index (χ3n) is 4.88. The number of rotatable bonds is 6. The number of fused-ring (bicyclic) bond motifs is 1. The molecule has 0 bridgehead atoms. The van der Waals surface area contributed by atoms with Crippen molar-refractivity contribution in [3.63, 3.8) is 0 Å². The van der Waals surface area contributed by atoms with Gasteiger partial charge in [0.2, 0.25) is 0 Å².